The van der Waals surface area contributed by atoms with E-state index in [2.05, 4.69) is 27.6 Å². The lowest BCUT2D eigenvalue weighted by molar-refractivity contribution is 0.445. The van der Waals surface area contributed by atoms with E-state index in [0.29, 0.717) is 11.0 Å². The second-order valence-electron chi connectivity index (χ2n) is 4.13. The van der Waals surface area contributed by atoms with Gasteiger partial charge in [0.2, 0.25) is 5.95 Å². The van der Waals surface area contributed by atoms with Crippen LogP contribution in [0.15, 0.2) is 30.3 Å². The van der Waals surface area contributed by atoms with E-state index in [4.69, 9.17) is 5.73 Å². The Morgan fingerprint density at radius 1 is 1.05 bits per heavy atom. The van der Waals surface area contributed by atoms with Crippen LogP contribution in [0.2, 0.25) is 0 Å². The van der Waals surface area contributed by atoms with Gasteiger partial charge in [0, 0.05) is 3.57 Å². The molecule has 1 aromatic heterocycles. The lowest BCUT2D eigenvalue weighted by Crippen LogP contribution is -2.05. The van der Waals surface area contributed by atoms with Gasteiger partial charge in [0.15, 0.2) is 17.5 Å². The van der Waals surface area contributed by atoms with E-state index in [9.17, 15) is 13.2 Å². The molecule has 0 fully saturated rings. The van der Waals surface area contributed by atoms with Crippen LogP contribution in [-0.2, 0) is 0 Å². The van der Waals surface area contributed by atoms with Crippen LogP contribution < -0.4 is 5.73 Å². The molecule has 3 nitrogen and oxygen atoms in total. The van der Waals surface area contributed by atoms with E-state index in [1.165, 1.54) is 4.57 Å². The molecule has 0 bridgehead atoms. The fourth-order valence-electron chi connectivity index (χ4n) is 2.01. The number of anilines is 1. The van der Waals surface area contributed by atoms with Gasteiger partial charge in [-0.05, 0) is 52.9 Å². The molecule has 102 valence electrons. The molecule has 0 aliphatic carbocycles. The highest BCUT2D eigenvalue weighted by molar-refractivity contribution is 14.1. The van der Waals surface area contributed by atoms with Gasteiger partial charge in [-0.1, -0.05) is 0 Å². The minimum atomic E-state index is -1.53. The summed E-state index contributed by atoms with van der Waals surface area (Å²) in [4.78, 5) is 4.10. The van der Waals surface area contributed by atoms with Crippen molar-refractivity contribution in [3.8, 4) is 5.69 Å². The van der Waals surface area contributed by atoms with E-state index >= 15 is 0 Å². The molecule has 0 aliphatic heterocycles. The van der Waals surface area contributed by atoms with Crippen LogP contribution in [0, 0.1) is 21.0 Å². The molecular formula is C13H7F3IN3. The third-order valence-corrected chi connectivity index (χ3v) is 3.57. The minimum absolute atomic E-state index is 0.00640. The van der Waals surface area contributed by atoms with Crippen LogP contribution in [0.4, 0.5) is 19.1 Å². The van der Waals surface area contributed by atoms with Crippen molar-refractivity contribution in [2.75, 3.05) is 5.73 Å². The summed E-state index contributed by atoms with van der Waals surface area (Å²) in [5, 5.41) is 0. The third kappa shape index (κ3) is 1.92. The molecule has 0 amide bonds. The predicted molar refractivity (Wildman–Crippen MR) is 78.1 cm³/mol. The van der Waals surface area contributed by atoms with Crippen molar-refractivity contribution in [1.29, 1.82) is 0 Å². The van der Waals surface area contributed by atoms with Gasteiger partial charge >= 0.3 is 0 Å². The Morgan fingerprint density at radius 3 is 2.55 bits per heavy atom. The normalized spacial score (nSPS) is 11.2. The summed E-state index contributed by atoms with van der Waals surface area (Å²) in [5.41, 5.74) is 6.66. The van der Waals surface area contributed by atoms with E-state index in [1.807, 2.05) is 0 Å². The molecule has 3 rings (SSSR count). The fraction of sp³-hybridized carbons (Fsp3) is 0. The van der Waals surface area contributed by atoms with Gasteiger partial charge in [-0.25, -0.2) is 18.2 Å². The lowest BCUT2D eigenvalue weighted by Gasteiger charge is -2.08. The molecule has 2 N–H and O–H groups in total. The Morgan fingerprint density at radius 2 is 1.80 bits per heavy atom. The highest BCUT2D eigenvalue weighted by Crippen LogP contribution is 2.27. The summed E-state index contributed by atoms with van der Waals surface area (Å²) < 4.78 is 42.4. The third-order valence-electron chi connectivity index (χ3n) is 2.90. The number of benzene rings is 2. The van der Waals surface area contributed by atoms with E-state index in [0.717, 1.165) is 15.7 Å². The minimum Gasteiger partial charge on any atom is -0.369 e. The van der Waals surface area contributed by atoms with Gasteiger partial charge < -0.3 is 5.73 Å². The van der Waals surface area contributed by atoms with Crippen molar-refractivity contribution in [1.82, 2.24) is 9.55 Å². The number of aromatic nitrogens is 2. The molecule has 7 heteroatoms. The standard InChI is InChI=1S/C13H7F3IN3/c14-7-2-4-10(12(16)11(7)15)20-9-3-1-6(17)5-8(9)19-13(20)18/h1-5H,(H2,18,19). The smallest absolute Gasteiger partial charge is 0.206 e. The average molecular weight is 389 g/mol. The molecule has 0 unspecified atom stereocenters. The van der Waals surface area contributed by atoms with E-state index in [-0.39, 0.29) is 11.6 Å². The van der Waals surface area contributed by atoms with Crippen molar-refractivity contribution in [3.63, 3.8) is 0 Å². The van der Waals surface area contributed by atoms with Crippen molar-refractivity contribution in [3.05, 3.63) is 51.4 Å². The van der Waals surface area contributed by atoms with Gasteiger partial charge in [0.1, 0.15) is 0 Å². The highest BCUT2D eigenvalue weighted by atomic mass is 127. The lowest BCUT2D eigenvalue weighted by atomic mass is 10.2. The first-order valence-electron chi connectivity index (χ1n) is 5.56. The molecule has 0 radical (unpaired) electrons. The van der Waals surface area contributed by atoms with Gasteiger partial charge in [-0.3, -0.25) is 4.57 Å². The molecule has 0 saturated heterocycles. The van der Waals surface area contributed by atoms with Crippen molar-refractivity contribution < 1.29 is 13.2 Å². The number of hydrogen-bond acceptors (Lipinski definition) is 2. The van der Waals surface area contributed by atoms with Crippen LogP contribution >= 0.6 is 22.6 Å². The number of nitrogens with two attached hydrogens (primary N) is 1. The molecule has 0 saturated carbocycles. The Bertz CT molecular complexity index is 829. The molecule has 1 heterocycles. The molecule has 20 heavy (non-hydrogen) atoms. The number of nitrogens with zero attached hydrogens (tertiary/aromatic N) is 2. The van der Waals surface area contributed by atoms with Gasteiger partial charge in [-0.2, -0.15) is 0 Å². The summed E-state index contributed by atoms with van der Waals surface area (Å²) in [6.45, 7) is 0. The SMILES string of the molecule is Nc1nc2cc(I)ccc2n1-c1ccc(F)c(F)c1F. The summed E-state index contributed by atoms with van der Waals surface area (Å²) in [6, 6.07) is 7.23. The highest BCUT2D eigenvalue weighted by Gasteiger charge is 2.18. The Hall–Kier alpha value is -1.77. The quantitative estimate of drug-likeness (QED) is 0.511. The van der Waals surface area contributed by atoms with Crippen LogP contribution in [0.25, 0.3) is 16.7 Å². The van der Waals surface area contributed by atoms with Crippen molar-refractivity contribution in [2.45, 2.75) is 0 Å². The molecule has 0 spiro atoms. The monoisotopic (exact) mass is 389 g/mol. The van der Waals surface area contributed by atoms with Crippen LogP contribution in [0.3, 0.4) is 0 Å². The molecule has 3 aromatic rings. The first-order chi connectivity index (χ1) is 9.49. The molecule has 0 aliphatic rings. The Kier molecular flexibility index (Phi) is 3.08. The molecular weight excluding hydrogens is 382 g/mol. The number of hydrogen-bond donors (Lipinski definition) is 1. The largest absolute Gasteiger partial charge is 0.369 e. The predicted octanol–water partition coefficient (Wildman–Crippen LogP) is 3.63. The summed E-state index contributed by atoms with van der Waals surface area (Å²) in [6.07, 6.45) is 0. The van der Waals surface area contributed by atoms with Crippen LogP contribution in [0.1, 0.15) is 0 Å². The van der Waals surface area contributed by atoms with Crippen molar-refractivity contribution >= 4 is 39.6 Å². The first-order valence-corrected chi connectivity index (χ1v) is 6.64. The second-order valence-corrected chi connectivity index (χ2v) is 5.38. The van der Waals surface area contributed by atoms with E-state index < -0.39 is 17.5 Å². The fourth-order valence-corrected chi connectivity index (χ4v) is 2.49. The number of nitrogen functional groups attached to an aromatic ring is 1. The zero-order valence-electron chi connectivity index (χ0n) is 9.87. The number of rotatable bonds is 1. The van der Waals surface area contributed by atoms with Gasteiger partial charge in [0.05, 0.1) is 16.7 Å². The van der Waals surface area contributed by atoms with Crippen molar-refractivity contribution in [2.24, 2.45) is 0 Å². The number of halogens is 4. The zero-order valence-corrected chi connectivity index (χ0v) is 12.0. The van der Waals surface area contributed by atoms with Crippen LogP contribution in [0.5, 0.6) is 0 Å². The molecule has 2 aromatic carbocycles. The Balaban J connectivity index is 2.35. The van der Waals surface area contributed by atoms with Gasteiger partial charge in [0.25, 0.3) is 0 Å². The topological polar surface area (TPSA) is 43.8 Å². The first kappa shape index (κ1) is 13.2. The average Bonchev–Trinajstić information content (AvgIpc) is 2.72. The summed E-state index contributed by atoms with van der Waals surface area (Å²) >= 11 is 2.11. The molecule has 0 atom stereocenters. The Labute approximate surface area is 125 Å². The maximum Gasteiger partial charge on any atom is 0.206 e. The zero-order chi connectivity index (χ0) is 14.4. The maximum atomic E-state index is 13.9. The number of fused-ring (bicyclic) bond motifs is 1. The maximum absolute atomic E-state index is 13.9. The van der Waals surface area contributed by atoms with E-state index in [1.54, 1.807) is 18.2 Å². The summed E-state index contributed by atoms with van der Waals surface area (Å²) in [7, 11) is 0. The van der Waals surface area contributed by atoms with Crippen LogP contribution in [-0.4, -0.2) is 9.55 Å². The second kappa shape index (κ2) is 4.65. The number of imidazole rings is 1. The summed E-state index contributed by atoms with van der Waals surface area (Å²) in [5.74, 6) is -4.07. The van der Waals surface area contributed by atoms with Gasteiger partial charge in [-0.15, -0.1) is 0 Å².